The van der Waals surface area contributed by atoms with Crippen molar-refractivity contribution in [3.8, 4) is 0 Å². The van der Waals surface area contributed by atoms with Gasteiger partial charge in [0.05, 0.1) is 6.61 Å². The van der Waals surface area contributed by atoms with Gasteiger partial charge in [-0.3, -0.25) is 0 Å². The summed E-state index contributed by atoms with van der Waals surface area (Å²) in [5.74, 6) is 0. The van der Waals surface area contributed by atoms with Gasteiger partial charge in [-0.1, -0.05) is 25.1 Å². The van der Waals surface area contributed by atoms with Crippen LogP contribution in [0.1, 0.15) is 46.5 Å². The van der Waals surface area contributed by atoms with E-state index in [0.29, 0.717) is 0 Å². The summed E-state index contributed by atoms with van der Waals surface area (Å²) in [7, 11) is 0. The molecule has 3 heteroatoms. The highest BCUT2D eigenvalue weighted by atomic mass is 16.3. The van der Waals surface area contributed by atoms with E-state index in [4.69, 9.17) is 0 Å². The second-order valence-corrected chi connectivity index (χ2v) is 6.02. The number of nitrogens with one attached hydrogen (secondary N) is 1. The van der Waals surface area contributed by atoms with Crippen LogP contribution in [0.4, 0.5) is 5.69 Å². The second kappa shape index (κ2) is 9.80. The summed E-state index contributed by atoms with van der Waals surface area (Å²) in [5.41, 5.74) is 1.17. The SMILES string of the molecule is CCCNC(C)(CO)CCCCN(CC)c1ccccc1. The molecule has 1 rings (SSSR count). The van der Waals surface area contributed by atoms with E-state index in [0.717, 1.165) is 45.3 Å². The molecule has 1 unspecified atom stereocenters. The molecule has 0 fully saturated rings. The van der Waals surface area contributed by atoms with Gasteiger partial charge in [0.15, 0.2) is 0 Å². The number of anilines is 1. The van der Waals surface area contributed by atoms with Crippen molar-refractivity contribution in [3.63, 3.8) is 0 Å². The summed E-state index contributed by atoms with van der Waals surface area (Å²) in [4.78, 5) is 2.41. The fourth-order valence-electron chi connectivity index (χ4n) is 2.58. The molecule has 0 aliphatic carbocycles. The average Bonchev–Trinajstić information content (AvgIpc) is 2.54. The molecule has 2 N–H and O–H groups in total. The van der Waals surface area contributed by atoms with Crippen LogP contribution in [0.2, 0.25) is 0 Å². The van der Waals surface area contributed by atoms with Gasteiger partial charge in [0.25, 0.3) is 0 Å². The van der Waals surface area contributed by atoms with Crippen LogP contribution in [0.25, 0.3) is 0 Å². The number of hydrogen-bond acceptors (Lipinski definition) is 3. The largest absolute Gasteiger partial charge is 0.394 e. The standard InChI is InChI=1S/C18H32N2O/c1-4-14-19-18(3,16-21)13-9-10-15-20(5-2)17-11-7-6-8-12-17/h6-8,11-12,19,21H,4-5,9-10,13-16H2,1-3H3. The molecule has 120 valence electrons. The van der Waals surface area contributed by atoms with Crippen LogP contribution in [-0.4, -0.2) is 36.9 Å². The Kier molecular flexibility index (Phi) is 8.40. The van der Waals surface area contributed by atoms with Crippen molar-refractivity contribution in [3.05, 3.63) is 30.3 Å². The van der Waals surface area contributed by atoms with Crippen LogP contribution in [-0.2, 0) is 0 Å². The first-order chi connectivity index (χ1) is 10.1. The summed E-state index contributed by atoms with van der Waals surface area (Å²) in [6.45, 7) is 9.78. The number of nitrogens with zero attached hydrogens (tertiary/aromatic N) is 1. The van der Waals surface area contributed by atoms with E-state index < -0.39 is 0 Å². The Balaban J connectivity index is 2.34. The van der Waals surface area contributed by atoms with Crippen molar-refractivity contribution in [2.24, 2.45) is 0 Å². The average molecular weight is 292 g/mol. The highest BCUT2D eigenvalue weighted by Crippen LogP contribution is 2.17. The molecule has 0 saturated carbocycles. The number of rotatable bonds is 11. The van der Waals surface area contributed by atoms with E-state index in [1.807, 2.05) is 0 Å². The van der Waals surface area contributed by atoms with Crippen molar-refractivity contribution in [2.45, 2.75) is 52.0 Å². The first-order valence-electron chi connectivity index (χ1n) is 8.31. The summed E-state index contributed by atoms with van der Waals surface area (Å²) in [5, 5.41) is 13.0. The van der Waals surface area contributed by atoms with E-state index in [1.54, 1.807) is 0 Å². The zero-order chi connectivity index (χ0) is 15.6. The normalized spacial score (nSPS) is 13.9. The van der Waals surface area contributed by atoms with Gasteiger partial charge in [-0.25, -0.2) is 0 Å². The fourth-order valence-corrected chi connectivity index (χ4v) is 2.58. The van der Waals surface area contributed by atoms with Gasteiger partial charge >= 0.3 is 0 Å². The molecule has 0 aromatic heterocycles. The van der Waals surface area contributed by atoms with E-state index in [2.05, 4.69) is 61.3 Å². The quantitative estimate of drug-likeness (QED) is 0.613. The molecule has 3 nitrogen and oxygen atoms in total. The zero-order valence-corrected chi connectivity index (χ0v) is 13.9. The van der Waals surface area contributed by atoms with E-state index >= 15 is 0 Å². The number of para-hydroxylation sites is 1. The predicted molar refractivity (Wildman–Crippen MR) is 92.0 cm³/mol. The lowest BCUT2D eigenvalue weighted by Crippen LogP contribution is -2.46. The highest BCUT2D eigenvalue weighted by molar-refractivity contribution is 5.45. The Morgan fingerprint density at radius 2 is 1.86 bits per heavy atom. The number of hydrogen-bond donors (Lipinski definition) is 2. The number of unbranched alkanes of at least 4 members (excludes halogenated alkanes) is 1. The number of aliphatic hydroxyl groups excluding tert-OH is 1. The van der Waals surface area contributed by atoms with Crippen molar-refractivity contribution >= 4 is 5.69 Å². The third kappa shape index (κ3) is 6.49. The smallest absolute Gasteiger partial charge is 0.0610 e. The minimum absolute atomic E-state index is 0.125. The Hall–Kier alpha value is -1.06. The molecular weight excluding hydrogens is 260 g/mol. The minimum Gasteiger partial charge on any atom is -0.394 e. The van der Waals surface area contributed by atoms with Gasteiger partial charge in [0.1, 0.15) is 0 Å². The maximum Gasteiger partial charge on any atom is 0.0610 e. The van der Waals surface area contributed by atoms with Gasteiger partial charge < -0.3 is 15.3 Å². The first kappa shape index (κ1) is 18.0. The minimum atomic E-state index is -0.125. The Bertz CT molecular complexity index is 369. The number of benzene rings is 1. The first-order valence-corrected chi connectivity index (χ1v) is 8.31. The summed E-state index contributed by atoms with van der Waals surface area (Å²) >= 11 is 0. The molecule has 0 bridgehead atoms. The second-order valence-electron chi connectivity index (χ2n) is 6.02. The monoisotopic (exact) mass is 292 g/mol. The Labute approximate surface area is 130 Å². The molecule has 1 aromatic carbocycles. The van der Waals surface area contributed by atoms with Crippen molar-refractivity contribution in [1.29, 1.82) is 0 Å². The van der Waals surface area contributed by atoms with Crippen LogP contribution in [0.5, 0.6) is 0 Å². The molecule has 0 amide bonds. The van der Waals surface area contributed by atoms with Crippen LogP contribution >= 0.6 is 0 Å². The lowest BCUT2D eigenvalue weighted by molar-refractivity contribution is 0.163. The summed E-state index contributed by atoms with van der Waals surface area (Å²) in [6.07, 6.45) is 4.42. The van der Waals surface area contributed by atoms with E-state index in [1.165, 1.54) is 5.69 Å². The Morgan fingerprint density at radius 3 is 2.43 bits per heavy atom. The molecular formula is C18H32N2O. The molecule has 1 aromatic rings. The molecule has 0 spiro atoms. The molecule has 0 heterocycles. The van der Waals surface area contributed by atoms with Gasteiger partial charge in [-0.15, -0.1) is 0 Å². The van der Waals surface area contributed by atoms with E-state index in [-0.39, 0.29) is 12.1 Å². The highest BCUT2D eigenvalue weighted by Gasteiger charge is 2.21. The Morgan fingerprint density at radius 1 is 1.14 bits per heavy atom. The molecule has 0 aliphatic rings. The molecule has 21 heavy (non-hydrogen) atoms. The third-order valence-corrected chi connectivity index (χ3v) is 4.06. The van der Waals surface area contributed by atoms with Crippen molar-refractivity contribution < 1.29 is 5.11 Å². The lowest BCUT2D eigenvalue weighted by atomic mass is 9.95. The van der Waals surface area contributed by atoms with Gasteiger partial charge in [0.2, 0.25) is 0 Å². The van der Waals surface area contributed by atoms with Crippen molar-refractivity contribution in [2.75, 3.05) is 31.1 Å². The maximum absolute atomic E-state index is 9.57. The topological polar surface area (TPSA) is 35.5 Å². The number of aliphatic hydroxyl groups is 1. The molecule has 1 atom stereocenters. The van der Waals surface area contributed by atoms with Gasteiger partial charge in [-0.05, 0) is 58.2 Å². The molecule has 0 aliphatic heterocycles. The predicted octanol–water partition coefficient (Wildman–Crippen LogP) is 3.43. The fraction of sp³-hybridized carbons (Fsp3) is 0.667. The van der Waals surface area contributed by atoms with E-state index in [9.17, 15) is 5.11 Å². The maximum atomic E-state index is 9.57. The third-order valence-electron chi connectivity index (χ3n) is 4.06. The van der Waals surface area contributed by atoms with Gasteiger partial charge in [-0.2, -0.15) is 0 Å². The summed E-state index contributed by atoms with van der Waals surface area (Å²) < 4.78 is 0. The van der Waals surface area contributed by atoms with Crippen LogP contribution in [0.3, 0.4) is 0 Å². The lowest BCUT2D eigenvalue weighted by Gasteiger charge is -2.29. The van der Waals surface area contributed by atoms with Crippen LogP contribution in [0, 0.1) is 0 Å². The zero-order valence-electron chi connectivity index (χ0n) is 13.9. The van der Waals surface area contributed by atoms with Crippen LogP contribution < -0.4 is 10.2 Å². The molecule has 0 saturated heterocycles. The van der Waals surface area contributed by atoms with Crippen LogP contribution in [0.15, 0.2) is 30.3 Å². The van der Waals surface area contributed by atoms with Crippen molar-refractivity contribution in [1.82, 2.24) is 5.32 Å². The van der Waals surface area contributed by atoms with Gasteiger partial charge in [0, 0.05) is 24.3 Å². The summed E-state index contributed by atoms with van der Waals surface area (Å²) in [6, 6.07) is 10.6. The molecule has 0 radical (unpaired) electrons.